The molecule has 0 bridgehead atoms. The van der Waals surface area contributed by atoms with Gasteiger partial charge in [0.1, 0.15) is 12.4 Å². The van der Waals surface area contributed by atoms with E-state index in [4.69, 9.17) is 9.84 Å². The van der Waals surface area contributed by atoms with Gasteiger partial charge in [0, 0.05) is 5.57 Å². The molecule has 0 aromatic rings. The fourth-order valence-electron chi connectivity index (χ4n) is 0.737. The van der Waals surface area contributed by atoms with E-state index in [-0.39, 0.29) is 12.4 Å². The van der Waals surface area contributed by atoms with Gasteiger partial charge in [-0.2, -0.15) is 0 Å². The summed E-state index contributed by atoms with van der Waals surface area (Å²) in [6, 6.07) is 0. The van der Waals surface area contributed by atoms with E-state index in [0.29, 0.717) is 11.3 Å². The first-order valence-corrected chi connectivity index (χ1v) is 3.84. The van der Waals surface area contributed by atoms with Crippen LogP contribution in [-0.4, -0.2) is 24.6 Å². The minimum Gasteiger partial charge on any atom is -0.499 e. The van der Waals surface area contributed by atoms with Crippen LogP contribution in [-0.2, 0) is 9.53 Å². The Morgan fingerprint density at radius 2 is 2.23 bits per heavy atom. The lowest BCUT2D eigenvalue weighted by Crippen LogP contribution is -1.98. The van der Waals surface area contributed by atoms with Gasteiger partial charge in [0.05, 0.1) is 7.11 Å². The number of ether oxygens (including phenoxy) is 1. The van der Waals surface area contributed by atoms with Crippen LogP contribution in [0.5, 0.6) is 0 Å². The third-order valence-corrected chi connectivity index (χ3v) is 1.44. The predicted molar refractivity (Wildman–Crippen MR) is 51.1 cm³/mol. The summed E-state index contributed by atoms with van der Waals surface area (Å²) >= 11 is 0. The van der Waals surface area contributed by atoms with Crippen LogP contribution in [0.1, 0.15) is 6.92 Å². The number of carbonyl (C=O) groups is 1. The van der Waals surface area contributed by atoms with E-state index in [9.17, 15) is 4.79 Å². The van der Waals surface area contributed by atoms with Gasteiger partial charge in [-0.25, -0.2) is 0 Å². The minimum absolute atomic E-state index is 0.0945. The Kier molecular flexibility index (Phi) is 5.55. The van der Waals surface area contributed by atoms with Crippen LogP contribution < -0.4 is 0 Å². The average Bonchev–Trinajstić information content (AvgIpc) is 2.11. The van der Waals surface area contributed by atoms with E-state index in [0.717, 1.165) is 0 Å². The van der Waals surface area contributed by atoms with Crippen molar-refractivity contribution < 1.29 is 14.6 Å². The van der Waals surface area contributed by atoms with Gasteiger partial charge in [-0.3, -0.25) is 4.79 Å². The molecule has 0 fully saturated rings. The van der Waals surface area contributed by atoms with Gasteiger partial charge < -0.3 is 9.84 Å². The molecular weight excluding hydrogens is 168 g/mol. The number of aliphatic hydroxyl groups excluding tert-OH is 1. The Balaban J connectivity index is 4.77. The summed E-state index contributed by atoms with van der Waals surface area (Å²) in [4.78, 5) is 11.0. The molecule has 0 aliphatic heterocycles. The zero-order valence-corrected chi connectivity index (χ0v) is 7.91. The molecule has 0 saturated heterocycles. The molecule has 0 amide bonds. The molecule has 0 spiro atoms. The van der Waals surface area contributed by atoms with Crippen LogP contribution >= 0.6 is 0 Å². The van der Waals surface area contributed by atoms with Crippen molar-refractivity contribution in [3.8, 4) is 0 Å². The summed E-state index contributed by atoms with van der Waals surface area (Å²) in [5.74, 6) is 0.256. The number of allylic oxidation sites excluding steroid dienone is 4. The Morgan fingerprint density at radius 3 is 2.54 bits per heavy atom. The van der Waals surface area contributed by atoms with Gasteiger partial charge in [0.15, 0.2) is 5.78 Å². The van der Waals surface area contributed by atoms with Crippen molar-refractivity contribution in [1.29, 1.82) is 0 Å². The molecule has 72 valence electrons. The Hall–Kier alpha value is -1.35. The van der Waals surface area contributed by atoms with E-state index in [1.807, 2.05) is 0 Å². The molecule has 0 aliphatic rings. The molecule has 0 atom stereocenters. The predicted octanol–water partition coefficient (Wildman–Crippen LogP) is 1.21. The monoisotopic (exact) mass is 182 g/mol. The van der Waals surface area contributed by atoms with Crippen LogP contribution in [0.25, 0.3) is 0 Å². The molecule has 3 heteroatoms. The maximum absolute atomic E-state index is 11.0. The lowest BCUT2D eigenvalue weighted by molar-refractivity contribution is -0.113. The Labute approximate surface area is 78.0 Å². The summed E-state index contributed by atoms with van der Waals surface area (Å²) in [7, 11) is 1.44. The van der Waals surface area contributed by atoms with Crippen LogP contribution in [0.2, 0.25) is 0 Å². The molecule has 3 nitrogen and oxygen atoms in total. The summed E-state index contributed by atoms with van der Waals surface area (Å²) < 4.78 is 4.81. The second-order valence-electron chi connectivity index (χ2n) is 2.39. The maximum Gasteiger partial charge on any atom is 0.159 e. The number of aliphatic hydroxyl groups is 1. The smallest absolute Gasteiger partial charge is 0.159 e. The average molecular weight is 182 g/mol. The van der Waals surface area contributed by atoms with Crippen molar-refractivity contribution in [1.82, 2.24) is 0 Å². The second kappa shape index (κ2) is 6.20. The first-order valence-electron chi connectivity index (χ1n) is 3.84. The highest BCUT2D eigenvalue weighted by atomic mass is 16.5. The fraction of sp³-hybridized carbons (Fsp3) is 0.300. The number of Topliss-reactive ketones (excluding diaryl/α,β-unsaturated/α-hetero) is 1. The van der Waals surface area contributed by atoms with Crippen molar-refractivity contribution in [2.45, 2.75) is 6.92 Å². The van der Waals surface area contributed by atoms with Crippen molar-refractivity contribution >= 4 is 5.78 Å². The summed E-state index contributed by atoms with van der Waals surface area (Å²) in [5, 5.41) is 8.77. The molecular formula is C10H14O3. The molecule has 13 heavy (non-hydrogen) atoms. The van der Waals surface area contributed by atoms with Gasteiger partial charge in [-0.1, -0.05) is 18.7 Å². The highest BCUT2D eigenvalue weighted by Crippen LogP contribution is 2.04. The molecule has 0 radical (unpaired) electrons. The van der Waals surface area contributed by atoms with Gasteiger partial charge in [-0.15, -0.1) is 0 Å². The molecule has 0 aromatic heterocycles. The van der Waals surface area contributed by atoms with E-state index in [1.165, 1.54) is 26.2 Å². The number of carbonyl (C=O) groups excluding carboxylic acids is 1. The fourth-order valence-corrected chi connectivity index (χ4v) is 0.737. The lowest BCUT2D eigenvalue weighted by atomic mass is 10.1. The number of rotatable bonds is 5. The molecule has 0 unspecified atom stereocenters. The highest BCUT2D eigenvalue weighted by molar-refractivity contribution is 5.96. The zero-order chi connectivity index (χ0) is 10.3. The van der Waals surface area contributed by atoms with E-state index in [1.54, 1.807) is 6.08 Å². The second-order valence-corrected chi connectivity index (χ2v) is 2.39. The molecule has 0 aromatic carbocycles. The molecule has 0 aliphatic carbocycles. The standard InChI is InChI=1S/C10H14O3/c1-4-5-9(8(2)12)6-10(7-11)13-3/h4-6,11H,1,7H2,2-3H3/b9-5+,10-6+. The van der Waals surface area contributed by atoms with Crippen LogP contribution in [0.4, 0.5) is 0 Å². The first-order chi connectivity index (χ1) is 6.15. The van der Waals surface area contributed by atoms with Gasteiger partial charge in [-0.05, 0) is 13.0 Å². The number of hydrogen-bond acceptors (Lipinski definition) is 3. The number of methoxy groups -OCH3 is 1. The lowest BCUT2D eigenvalue weighted by Gasteiger charge is -2.02. The van der Waals surface area contributed by atoms with Crippen LogP contribution in [0.3, 0.4) is 0 Å². The third kappa shape index (κ3) is 4.28. The molecule has 0 heterocycles. The summed E-state index contributed by atoms with van der Waals surface area (Å²) in [6.07, 6.45) is 4.57. The SMILES string of the molecule is C=C/C=C(\C=C(/CO)OC)C(C)=O. The topological polar surface area (TPSA) is 46.5 Å². The van der Waals surface area contributed by atoms with E-state index < -0.39 is 0 Å². The van der Waals surface area contributed by atoms with Crippen molar-refractivity contribution in [2.24, 2.45) is 0 Å². The van der Waals surface area contributed by atoms with E-state index >= 15 is 0 Å². The van der Waals surface area contributed by atoms with Gasteiger partial charge in [0.2, 0.25) is 0 Å². The van der Waals surface area contributed by atoms with Crippen molar-refractivity contribution in [2.75, 3.05) is 13.7 Å². The molecule has 0 rings (SSSR count). The van der Waals surface area contributed by atoms with Gasteiger partial charge >= 0.3 is 0 Å². The quantitative estimate of drug-likeness (QED) is 0.395. The largest absolute Gasteiger partial charge is 0.499 e. The normalized spacial score (nSPS) is 12.5. The Morgan fingerprint density at radius 1 is 1.62 bits per heavy atom. The summed E-state index contributed by atoms with van der Waals surface area (Å²) in [6.45, 7) is 4.70. The van der Waals surface area contributed by atoms with Crippen molar-refractivity contribution in [3.63, 3.8) is 0 Å². The minimum atomic E-state index is -0.224. The molecule has 0 saturated carbocycles. The third-order valence-electron chi connectivity index (χ3n) is 1.44. The number of hydrogen-bond donors (Lipinski definition) is 1. The zero-order valence-electron chi connectivity index (χ0n) is 7.91. The van der Waals surface area contributed by atoms with Crippen molar-refractivity contribution in [3.05, 3.63) is 36.1 Å². The maximum atomic E-state index is 11.0. The van der Waals surface area contributed by atoms with Crippen LogP contribution in [0.15, 0.2) is 36.1 Å². The number of ketones is 1. The van der Waals surface area contributed by atoms with Gasteiger partial charge in [0.25, 0.3) is 0 Å². The molecule has 1 N–H and O–H groups in total. The summed E-state index contributed by atoms with van der Waals surface area (Å²) in [5.41, 5.74) is 0.459. The first kappa shape index (κ1) is 11.6. The van der Waals surface area contributed by atoms with Crippen LogP contribution in [0, 0.1) is 0 Å². The van der Waals surface area contributed by atoms with E-state index in [2.05, 4.69) is 6.58 Å². The highest BCUT2D eigenvalue weighted by Gasteiger charge is 2.01. The Bertz CT molecular complexity index is 243.